The summed E-state index contributed by atoms with van der Waals surface area (Å²) in [5.41, 5.74) is 2.17. The number of halogens is 1. The number of hydrogen-bond donors (Lipinski definition) is 2. The Hall–Kier alpha value is -2.35. The molecule has 1 fully saturated rings. The van der Waals surface area contributed by atoms with Crippen LogP contribution in [0.2, 0.25) is 0 Å². The number of nitrogens with two attached hydrogens (primary N) is 1. The molecule has 0 aromatic carbocycles. The number of amidine groups is 1. The van der Waals surface area contributed by atoms with Crippen molar-refractivity contribution in [3.8, 4) is 0 Å². The van der Waals surface area contributed by atoms with Gasteiger partial charge in [0.15, 0.2) is 12.4 Å². The average molecular weight is 580 g/mol. The van der Waals surface area contributed by atoms with Crippen LogP contribution >= 0.6 is 7.82 Å². The molecule has 2 aliphatic rings. The van der Waals surface area contributed by atoms with Crippen molar-refractivity contribution in [3.63, 3.8) is 0 Å². The molecule has 0 radical (unpaired) electrons. The van der Waals surface area contributed by atoms with Gasteiger partial charge in [0, 0.05) is 6.20 Å². The molecule has 0 amide bonds. The van der Waals surface area contributed by atoms with E-state index in [0.717, 1.165) is 0 Å². The molecule has 39 heavy (non-hydrogen) atoms. The fraction of sp³-hybridized carbons (Fsp3) is 0.708. The lowest BCUT2D eigenvalue weighted by molar-refractivity contribution is -0.165. The van der Waals surface area contributed by atoms with E-state index < -0.39 is 74.9 Å². The molecular formula is C24H39FN3O10P. The summed E-state index contributed by atoms with van der Waals surface area (Å²) in [4.78, 5) is 29.4. The lowest BCUT2D eigenvalue weighted by atomic mass is 9.94. The molecule has 0 aliphatic carbocycles. The van der Waals surface area contributed by atoms with E-state index in [0.29, 0.717) is 0 Å². The zero-order valence-corrected chi connectivity index (χ0v) is 24.2. The standard InChI is InChI=1S/C24H39FN3O10P/c1-9-24(18(29)17(25)19(38-24)28-11-10-16(26)27-15(28)2)12-35-39(32,36-13-33-20(30)22(3,4)5)37-14-34-21(31)23(6,7)8/h10-11,17-19,29H,2,9,12-14H2,1,3-8H3,(H2,26,27)/t17-,18+,19-,24-/m1/s1. The summed E-state index contributed by atoms with van der Waals surface area (Å²) in [5, 5.41) is 10.8. The first kappa shape index (κ1) is 32.9. The lowest BCUT2D eigenvalue weighted by Crippen LogP contribution is -2.45. The molecule has 2 rings (SSSR count). The first-order valence-electron chi connectivity index (χ1n) is 12.2. The zero-order valence-electron chi connectivity index (χ0n) is 23.3. The summed E-state index contributed by atoms with van der Waals surface area (Å²) < 4.78 is 60.2. The van der Waals surface area contributed by atoms with E-state index in [9.17, 15) is 19.3 Å². The monoisotopic (exact) mass is 579 g/mol. The Morgan fingerprint density at radius 1 is 1.15 bits per heavy atom. The lowest BCUT2D eigenvalue weighted by Gasteiger charge is -2.33. The normalized spacial score (nSPS) is 26.0. The van der Waals surface area contributed by atoms with Gasteiger partial charge in [-0.25, -0.2) is 23.0 Å². The quantitative estimate of drug-likeness (QED) is 0.209. The smallest absolute Gasteiger partial charge is 0.437 e. The summed E-state index contributed by atoms with van der Waals surface area (Å²) in [6.45, 7) is 12.6. The Kier molecular flexibility index (Phi) is 10.5. The highest BCUT2D eigenvalue weighted by Gasteiger charge is 2.57. The van der Waals surface area contributed by atoms with E-state index in [1.54, 1.807) is 48.5 Å². The minimum absolute atomic E-state index is 0.0124. The van der Waals surface area contributed by atoms with Crippen molar-refractivity contribution in [2.45, 2.75) is 79.0 Å². The molecular weight excluding hydrogens is 540 g/mol. The van der Waals surface area contributed by atoms with Crippen LogP contribution in [0.4, 0.5) is 4.39 Å². The fourth-order valence-corrected chi connectivity index (χ4v) is 4.25. The number of nitrogens with zero attached hydrogens (tertiary/aromatic N) is 2. The van der Waals surface area contributed by atoms with E-state index in [1.807, 2.05) is 0 Å². The van der Waals surface area contributed by atoms with Gasteiger partial charge in [0.2, 0.25) is 13.6 Å². The molecule has 0 saturated carbocycles. The average Bonchev–Trinajstić information content (AvgIpc) is 3.07. The van der Waals surface area contributed by atoms with Gasteiger partial charge < -0.3 is 30.0 Å². The summed E-state index contributed by atoms with van der Waals surface area (Å²) >= 11 is 0. The maximum atomic E-state index is 15.3. The van der Waals surface area contributed by atoms with Crippen LogP contribution in [0.1, 0.15) is 54.9 Å². The molecule has 0 spiro atoms. The summed E-state index contributed by atoms with van der Waals surface area (Å²) in [6.07, 6.45) is -2.21. The number of ether oxygens (including phenoxy) is 3. The van der Waals surface area contributed by atoms with Crippen molar-refractivity contribution >= 4 is 25.6 Å². The van der Waals surface area contributed by atoms with Gasteiger partial charge in [-0.15, -0.1) is 0 Å². The van der Waals surface area contributed by atoms with Crippen LogP contribution < -0.4 is 5.73 Å². The van der Waals surface area contributed by atoms with E-state index >= 15 is 4.39 Å². The number of aliphatic hydroxyl groups excluding tert-OH is 1. The molecule has 2 heterocycles. The summed E-state index contributed by atoms with van der Waals surface area (Å²) in [7, 11) is -4.61. The second kappa shape index (κ2) is 12.4. The van der Waals surface area contributed by atoms with Gasteiger partial charge in [-0.1, -0.05) is 13.5 Å². The Morgan fingerprint density at radius 3 is 2.10 bits per heavy atom. The Labute approximate surface area is 227 Å². The number of aliphatic imine (C=N–C) groups is 1. The minimum atomic E-state index is -4.61. The number of carbonyl (C=O) groups is 2. The largest absolute Gasteiger partial charge is 0.480 e. The number of hydrogen-bond acceptors (Lipinski definition) is 13. The molecule has 222 valence electrons. The predicted octanol–water partition coefficient (Wildman–Crippen LogP) is 3.10. The van der Waals surface area contributed by atoms with Crippen molar-refractivity contribution in [1.82, 2.24) is 4.90 Å². The Balaban J connectivity index is 2.17. The molecule has 0 bridgehead atoms. The van der Waals surface area contributed by atoms with Crippen molar-refractivity contribution in [2.24, 2.45) is 21.6 Å². The molecule has 0 unspecified atom stereocenters. The molecule has 0 aromatic heterocycles. The van der Waals surface area contributed by atoms with Gasteiger partial charge in [-0.3, -0.25) is 14.1 Å². The molecule has 0 aromatic rings. The van der Waals surface area contributed by atoms with E-state index in [1.165, 1.54) is 17.2 Å². The highest BCUT2D eigenvalue weighted by atomic mass is 31.2. The van der Waals surface area contributed by atoms with Crippen LogP contribution in [0.3, 0.4) is 0 Å². The number of phosphoric acid groups is 1. The third-order valence-electron chi connectivity index (χ3n) is 5.80. The third kappa shape index (κ3) is 8.32. The number of aliphatic hydroxyl groups is 1. The van der Waals surface area contributed by atoms with Crippen LogP contribution in [0.15, 0.2) is 29.7 Å². The van der Waals surface area contributed by atoms with Crippen molar-refractivity contribution in [3.05, 3.63) is 24.7 Å². The molecule has 13 nitrogen and oxygen atoms in total. The zero-order chi connectivity index (χ0) is 29.8. The van der Waals surface area contributed by atoms with Crippen LogP contribution in [-0.4, -0.2) is 72.1 Å². The number of alkyl halides is 1. The van der Waals surface area contributed by atoms with Crippen LogP contribution in [0.5, 0.6) is 0 Å². The van der Waals surface area contributed by atoms with Crippen LogP contribution in [0.25, 0.3) is 0 Å². The SMILES string of the molecule is C=C1N=C(N)C=CN1[C@@H]1O[C@](CC)(COP(=O)(OCOC(=O)C(C)(C)C)OCOC(=O)C(C)(C)C)[C@@H](O)[C@H]1F. The summed E-state index contributed by atoms with van der Waals surface area (Å²) in [6, 6.07) is 0. The van der Waals surface area contributed by atoms with Gasteiger partial charge in [0.05, 0.1) is 17.4 Å². The van der Waals surface area contributed by atoms with Gasteiger partial charge in [-0.05, 0) is 54.0 Å². The van der Waals surface area contributed by atoms with Gasteiger partial charge in [-0.2, -0.15) is 0 Å². The second-order valence-corrected chi connectivity index (χ2v) is 12.7. The van der Waals surface area contributed by atoms with E-state index in [-0.39, 0.29) is 18.1 Å². The highest BCUT2D eigenvalue weighted by Crippen LogP contribution is 2.52. The van der Waals surface area contributed by atoms with Crippen LogP contribution in [0, 0.1) is 10.8 Å². The predicted molar refractivity (Wildman–Crippen MR) is 137 cm³/mol. The van der Waals surface area contributed by atoms with Crippen molar-refractivity contribution < 1.29 is 51.4 Å². The number of phosphoric ester groups is 1. The Bertz CT molecular complexity index is 1000. The number of rotatable bonds is 11. The molecule has 1 saturated heterocycles. The number of esters is 2. The molecule has 15 heteroatoms. The van der Waals surface area contributed by atoms with Gasteiger partial charge in [0.25, 0.3) is 0 Å². The van der Waals surface area contributed by atoms with E-state index in [2.05, 4.69) is 11.6 Å². The second-order valence-electron chi connectivity index (χ2n) is 11.1. The van der Waals surface area contributed by atoms with Crippen molar-refractivity contribution in [1.29, 1.82) is 0 Å². The molecule has 4 atom stereocenters. The third-order valence-corrected chi connectivity index (χ3v) is 7.09. The summed E-state index contributed by atoms with van der Waals surface area (Å²) in [5.74, 6) is -1.07. The highest BCUT2D eigenvalue weighted by molar-refractivity contribution is 7.48. The fourth-order valence-electron chi connectivity index (χ4n) is 3.29. The first-order chi connectivity index (χ1) is 17.8. The topological polar surface area (TPSA) is 168 Å². The number of carbonyl (C=O) groups excluding carboxylic acids is 2. The minimum Gasteiger partial charge on any atom is -0.437 e. The molecule has 2 aliphatic heterocycles. The van der Waals surface area contributed by atoms with E-state index in [4.69, 9.17) is 33.5 Å². The van der Waals surface area contributed by atoms with Crippen molar-refractivity contribution in [2.75, 3.05) is 20.2 Å². The maximum absolute atomic E-state index is 15.3. The first-order valence-corrected chi connectivity index (χ1v) is 13.7. The van der Waals surface area contributed by atoms with Gasteiger partial charge in [0.1, 0.15) is 23.4 Å². The molecule has 3 N–H and O–H groups in total. The van der Waals surface area contributed by atoms with Crippen LogP contribution in [-0.2, 0) is 41.9 Å². The van der Waals surface area contributed by atoms with Gasteiger partial charge >= 0.3 is 19.8 Å². The maximum Gasteiger partial charge on any atom is 0.480 e. The Morgan fingerprint density at radius 2 is 1.67 bits per heavy atom.